The Morgan fingerprint density at radius 2 is 2.27 bits per heavy atom. The fourth-order valence-corrected chi connectivity index (χ4v) is 1.48. The summed E-state index contributed by atoms with van der Waals surface area (Å²) in [7, 11) is 0. The van der Waals surface area contributed by atoms with Crippen molar-refractivity contribution < 1.29 is 13.9 Å². The van der Waals surface area contributed by atoms with Gasteiger partial charge in [-0.2, -0.15) is 0 Å². The van der Waals surface area contributed by atoms with Gasteiger partial charge < -0.3 is 4.74 Å². The number of hydrogen-bond acceptors (Lipinski definition) is 2. The summed E-state index contributed by atoms with van der Waals surface area (Å²) >= 11 is 8.94. The predicted octanol–water partition coefficient (Wildman–Crippen LogP) is 3.15. The summed E-state index contributed by atoms with van der Waals surface area (Å²) < 4.78 is 16.6. The molecule has 2 nitrogen and oxygen atoms in total. The molecule has 0 N–H and O–H groups in total. The first-order valence-corrected chi connectivity index (χ1v) is 5.72. The number of ketones is 1. The van der Waals surface area contributed by atoms with Crippen LogP contribution in [-0.4, -0.2) is 18.0 Å². The highest BCUT2D eigenvalue weighted by atomic mass is 79.9. The van der Waals surface area contributed by atoms with Gasteiger partial charge in [0.1, 0.15) is 11.5 Å². The largest absolute Gasteiger partial charge is 0.463 e. The monoisotopic (exact) mass is 294 g/mol. The van der Waals surface area contributed by atoms with Gasteiger partial charge in [-0.3, -0.25) is 4.79 Å². The Morgan fingerprint density at radius 1 is 1.53 bits per heavy atom. The topological polar surface area (TPSA) is 26.3 Å². The maximum Gasteiger partial charge on any atom is 0.228 e. The van der Waals surface area contributed by atoms with Crippen molar-refractivity contribution >= 4 is 33.3 Å². The molecule has 0 aliphatic rings. The van der Waals surface area contributed by atoms with Crippen LogP contribution in [0.25, 0.3) is 0 Å². The smallest absolute Gasteiger partial charge is 0.228 e. The van der Waals surface area contributed by atoms with E-state index in [2.05, 4.69) is 20.7 Å². The lowest BCUT2D eigenvalue weighted by molar-refractivity contribution is -0.115. The molecule has 0 saturated heterocycles. The van der Waals surface area contributed by atoms with Crippen molar-refractivity contribution in [3.05, 3.63) is 28.8 Å². The summed E-state index contributed by atoms with van der Waals surface area (Å²) in [6.07, 6.45) is 0.216. The summed E-state index contributed by atoms with van der Waals surface area (Å²) in [5, 5.41) is 0.757. The number of Topliss-reactive ketones (excluding diaryl/α,β-unsaturated/α-hetero) is 1. The molecule has 0 fully saturated rings. The highest BCUT2D eigenvalue weighted by Gasteiger charge is 2.07. The first-order chi connectivity index (χ1) is 7.17. The molecule has 15 heavy (non-hydrogen) atoms. The van der Waals surface area contributed by atoms with Crippen molar-refractivity contribution in [2.45, 2.75) is 6.42 Å². The normalized spacial score (nSPS) is 10.1. The lowest BCUT2D eigenvalue weighted by Crippen LogP contribution is -2.04. The minimum absolute atomic E-state index is 0.00861. The van der Waals surface area contributed by atoms with E-state index in [1.165, 1.54) is 0 Å². The van der Waals surface area contributed by atoms with E-state index >= 15 is 0 Å². The molecule has 0 aromatic heterocycles. The molecule has 0 atom stereocenters. The van der Waals surface area contributed by atoms with Crippen molar-refractivity contribution in [1.29, 1.82) is 0 Å². The van der Waals surface area contributed by atoms with E-state index in [-0.39, 0.29) is 17.5 Å². The number of benzene rings is 1. The summed E-state index contributed by atoms with van der Waals surface area (Å²) in [5.41, 5.74) is 0.645. The quantitative estimate of drug-likeness (QED) is 0.780. The van der Waals surface area contributed by atoms with Crippen LogP contribution in [-0.2, 0) is 11.2 Å². The second kappa shape index (κ2) is 6.08. The van der Waals surface area contributed by atoms with Crippen LogP contribution < -0.4 is 4.74 Å². The molecule has 0 bridgehead atoms. The standard InChI is InChI=1S/C10H9BrClFO2/c11-5-8(14)3-7-4-9(15-6-13)1-2-10(7)12/h1-2,4H,3,5-6H2. The lowest BCUT2D eigenvalue weighted by atomic mass is 10.1. The van der Waals surface area contributed by atoms with Crippen LogP contribution in [0.15, 0.2) is 18.2 Å². The Hall–Kier alpha value is -0.610. The number of halogens is 3. The van der Waals surface area contributed by atoms with Crippen LogP contribution in [0.2, 0.25) is 5.02 Å². The summed E-state index contributed by atoms with van der Waals surface area (Å²) in [6.45, 7) is -0.895. The Balaban J connectivity index is 2.85. The van der Waals surface area contributed by atoms with Gasteiger partial charge in [0, 0.05) is 11.4 Å². The summed E-state index contributed by atoms with van der Waals surface area (Å²) in [5.74, 6) is 0.383. The zero-order valence-corrected chi connectivity index (χ0v) is 10.1. The molecule has 0 aliphatic heterocycles. The van der Waals surface area contributed by atoms with Gasteiger partial charge in [-0.25, -0.2) is 4.39 Å². The van der Waals surface area contributed by atoms with E-state index in [4.69, 9.17) is 11.6 Å². The first kappa shape index (κ1) is 12.5. The molecule has 0 unspecified atom stereocenters. The first-order valence-electron chi connectivity index (χ1n) is 4.22. The fraction of sp³-hybridized carbons (Fsp3) is 0.300. The van der Waals surface area contributed by atoms with Gasteiger partial charge in [-0.05, 0) is 23.8 Å². The van der Waals surface area contributed by atoms with Crippen molar-refractivity contribution in [3.63, 3.8) is 0 Å². The number of rotatable bonds is 5. The van der Waals surface area contributed by atoms with E-state index in [9.17, 15) is 9.18 Å². The van der Waals surface area contributed by atoms with Gasteiger partial charge >= 0.3 is 0 Å². The Morgan fingerprint density at radius 3 is 2.87 bits per heavy atom. The Bertz CT molecular complexity index is 357. The third-order valence-electron chi connectivity index (χ3n) is 1.78. The molecule has 1 aromatic carbocycles. The second-order valence-electron chi connectivity index (χ2n) is 2.86. The molecular weight excluding hydrogens is 286 g/mol. The highest BCUT2D eigenvalue weighted by molar-refractivity contribution is 9.09. The minimum atomic E-state index is -0.895. The zero-order chi connectivity index (χ0) is 11.3. The molecule has 1 aromatic rings. The van der Waals surface area contributed by atoms with E-state index in [0.29, 0.717) is 16.3 Å². The van der Waals surface area contributed by atoms with Crippen LogP contribution in [0.5, 0.6) is 5.75 Å². The van der Waals surface area contributed by atoms with E-state index in [1.807, 2.05) is 0 Å². The van der Waals surface area contributed by atoms with Crippen LogP contribution in [0.3, 0.4) is 0 Å². The van der Waals surface area contributed by atoms with Crippen molar-refractivity contribution in [1.82, 2.24) is 0 Å². The van der Waals surface area contributed by atoms with E-state index < -0.39 is 6.86 Å². The van der Waals surface area contributed by atoms with E-state index in [0.717, 1.165) is 0 Å². The SMILES string of the molecule is O=C(CBr)Cc1cc(OCF)ccc1Cl. The van der Waals surface area contributed by atoms with Crippen LogP contribution in [0.4, 0.5) is 4.39 Å². The van der Waals surface area contributed by atoms with Gasteiger partial charge in [-0.1, -0.05) is 27.5 Å². The Kier molecular flexibility index (Phi) is 5.05. The van der Waals surface area contributed by atoms with Gasteiger partial charge in [0.25, 0.3) is 0 Å². The molecule has 0 radical (unpaired) electrons. The lowest BCUT2D eigenvalue weighted by Gasteiger charge is -2.06. The molecule has 1 rings (SSSR count). The molecule has 0 saturated carbocycles. The molecule has 5 heteroatoms. The van der Waals surface area contributed by atoms with Gasteiger partial charge in [0.15, 0.2) is 0 Å². The average Bonchev–Trinajstić information content (AvgIpc) is 2.23. The highest BCUT2D eigenvalue weighted by Crippen LogP contribution is 2.23. The van der Waals surface area contributed by atoms with Gasteiger partial charge in [0.2, 0.25) is 6.86 Å². The van der Waals surface area contributed by atoms with Gasteiger partial charge in [0.05, 0.1) is 5.33 Å². The number of carbonyl (C=O) groups excluding carboxylic acids is 1. The number of hydrogen-bond donors (Lipinski definition) is 0. The minimum Gasteiger partial charge on any atom is -0.463 e. The maximum absolute atomic E-state index is 11.9. The fourth-order valence-electron chi connectivity index (χ4n) is 1.10. The third kappa shape index (κ3) is 3.80. The summed E-state index contributed by atoms with van der Waals surface area (Å²) in [6, 6.07) is 4.72. The summed E-state index contributed by atoms with van der Waals surface area (Å²) in [4.78, 5) is 11.2. The average molecular weight is 296 g/mol. The third-order valence-corrected chi connectivity index (χ3v) is 2.77. The molecular formula is C10H9BrClFO2. The maximum atomic E-state index is 11.9. The number of ether oxygens (including phenoxy) is 1. The number of carbonyl (C=O) groups is 1. The number of alkyl halides is 2. The molecule has 82 valence electrons. The van der Waals surface area contributed by atoms with Crippen LogP contribution in [0, 0.1) is 0 Å². The predicted molar refractivity (Wildman–Crippen MR) is 60.6 cm³/mol. The second-order valence-corrected chi connectivity index (χ2v) is 3.82. The Labute approximate surface area is 101 Å². The molecule has 0 heterocycles. The van der Waals surface area contributed by atoms with E-state index in [1.54, 1.807) is 18.2 Å². The van der Waals surface area contributed by atoms with Gasteiger partial charge in [-0.15, -0.1) is 0 Å². The molecule has 0 amide bonds. The van der Waals surface area contributed by atoms with Crippen LogP contribution in [0.1, 0.15) is 5.56 Å². The van der Waals surface area contributed by atoms with Crippen LogP contribution >= 0.6 is 27.5 Å². The molecule has 0 aliphatic carbocycles. The molecule has 0 spiro atoms. The van der Waals surface area contributed by atoms with Crippen molar-refractivity contribution in [3.8, 4) is 5.75 Å². The zero-order valence-electron chi connectivity index (χ0n) is 7.80. The van der Waals surface area contributed by atoms with Crippen molar-refractivity contribution in [2.24, 2.45) is 0 Å². The van der Waals surface area contributed by atoms with Crippen molar-refractivity contribution in [2.75, 3.05) is 12.2 Å².